The number of amides is 2. The van der Waals surface area contributed by atoms with E-state index >= 15 is 0 Å². The first kappa shape index (κ1) is 25.2. The highest BCUT2D eigenvalue weighted by Gasteiger charge is 2.34. The molecule has 2 N–H and O–H groups in total. The van der Waals surface area contributed by atoms with Gasteiger partial charge in [0.1, 0.15) is 0 Å². The Bertz CT molecular complexity index is 1030. The van der Waals surface area contributed by atoms with Crippen LogP contribution >= 0.6 is 11.8 Å². The monoisotopic (exact) mass is 469 g/mol. The predicted octanol–water partition coefficient (Wildman–Crippen LogP) is 5.96. The summed E-state index contributed by atoms with van der Waals surface area (Å²) >= 11 is 1.28. The maximum absolute atomic E-state index is 13.5. The lowest BCUT2D eigenvalue weighted by atomic mass is 10.1. The highest BCUT2D eigenvalue weighted by Crippen LogP contribution is 2.37. The molecule has 0 radical (unpaired) electrons. The zero-order valence-corrected chi connectivity index (χ0v) is 18.4. The van der Waals surface area contributed by atoms with Crippen molar-refractivity contribution >= 4 is 40.6 Å². The van der Waals surface area contributed by atoms with Crippen LogP contribution in [-0.2, 0) is 11.0 Å². The van der Waals surface area contributed by atoms with Crippen molar-refractivity contribution in [2.24, 2.45) is 5.92 Å². The van der Waals surface area contributed by atoms with E-state index in [-0.39, 0.29) is 16.9 Å². The quantitative estimate of drug-likeness (QED) is 0.282. The van der Waals surface area contributed by atoms with E-state index in [4.69, 9.17) is 0 Å². The second-order valence-corrected chi connectivity index (χ2v) is 8.50. The van der Waals surface area contributed by atoms with Crippen molar-refractivity contribution < 1.29 is 27.7 Å². The zero-order chi connectivity index (χ0) is 24.1. The average Bonchev–Trinajstić information content (AvgIpc) is 2.67. The highest BCUT2D eigenvalue weighted by atomic mass is 32.2. The molecule has 2 amide bonds. The van der Waals surface area contributed by atoms with Gasteiger partial charge in [-0.1, -0.05) is 13.8 Å². The molecule has 0 spiro atoms. The Hall–Kier alpha value is -3.08. The lowest BCUT2D eigenvalue weighted by Crippen LogP contribution is -2.17. The Kier molecular flexibility index (Phi) is 8.25. The largest absolute Gasteiger partial charge is 0.418 e. The summed E-state index contributed by atoms with van der Waals surface area (Å²) in [6.07, 6.45) is -3.96. The molecule has 0 aromatic heterocycles. The minimum Gasteiger partial charge on any atom is -0.326 e. The van der Waals surface area contributed by atoms with Crippen LogP contribution in [0.2, 0.25) is 0 Å². The van der Waals surface area contributed by atoms with E-state index in [1.54, 1.807) is 0 Å². The van der Waals surface area contributed by atoms with E-state index in [2.05, 4.69) is 10.6 Å². The molecule has 0 aliphatic rings. The molecule has 7 nitrogen and oxygen atoms in total. The van der Waals surface area contributed by atoms with Gasteiger partial charge >= 0.3 is 6.18 Å². The maximum atomic E-state index is 13.5. The van der Waals surface area contributed by atoms with Gasteiger partial charge in [0, 0.05) is 24.2 Å². The van der Waals surface area contributed by atoms with E-state index in [0.29, 0.717) is 22.6 Å². The van der Waals surface area contributed by atoms with Crippen molar-refractivity contribution in [3.8, 4) is 0 Å². The second kappa shape index (κ2) is 10.5. The normalized spacial score (nSPS) is 11.3. The molecule has 0 heterocycles. The number of rotatable bonds is 8. The van der Waals surface area contributed by atoms with Gasteiger partial charge in [-0.15, -0.1) is 11.8 Å². The first-order chi connectivity index (χ1) is 14.9. The molecule has 0 bridgehead atoms. The van der Waals surface area contributed by atoms with E-state index in [1.807, 2.05) is 13.8 Å². The topological polar surface area (TPSA) is 101 Å². The van der Waals surface area contributed by atoms with Crippen LogP contribution in [0.25, 0.3) is 0 Å². The molecule has 32 heavy (non-hydrogen) atoms. The molecule has 0 aliphatic heterocycles. The van der Waals surface area contributed by atoms with Crippen molar-refractivity contribution in [1.82, 2.24) is 0 Å². The number of benzene rings is 2. The van der Waals surface area contributed by atoms with Crippen molar-refractivity contribution in [3.05, 3.63) is 57.6 Å². The number of carbonyl (C=O) groups excluding carboxylic acids is 2. The molecule has 0 unspecified atom stereocenters. The molecule has 0 saturated heterocycles. The van der Waals surface area contributed by atoms with E-state index in [1.165, 1.54) is 30.0 Å². The summed E-state index contributed by atoms with van der Waals surface area (Å²) in [5.74, 6) is -0.399. The first-order valence-electron chi connectivity index (χ1n) is 9.60. The molecular formula is C21H22F3N3O4S. The fourth-order valence-corrected chi connectivity index (χ4v) is 3.95. The van der Waals surface area contributed by atoms with Gasteiger partial charge in [0.15, 0.2) is 0 Å². The van der Waals surface area contributed by atoms with E-state index < -0.39 is 34.2 Å². The number of anilines is 2. The van der Waals surface area contributed by atoms with Crippen LogP contribution in [0.4, 0.5) is 30.2 Å². The first-order valence-corrected chi connectivity index (χ1v) is 10.6. The Morgan fingerprint density at radius 1 is 1.12 bits per heavy atom. The molecule has 2 rings (SSSR count). The second-order valence-electron chi connectivity index (χ2n) is 7.36. The number of alkyl halides is 3. The van der Waals surface area contributed by atoms with Gasteiger partial charge in [0.25, 0.3) is 11.6 Å². The summed E-state index contributed by atoms with van der Waals surface area (Å²) in [6.45, 7) is 5.21. The van der Waals surface area contributed by atoms with Gasteiger partial charge in [-0.2, -0.15) is 13.2 Å². The van der Waals surface area contributed by atoms with E-state index in [0.717, 1.165) is 25.5 Å². The minimum absolute atomic E-state index is 0.0822. The van der Waals surface area contributed by atoms with Crippen LogP contribution < -0.4 is 10.6 Å². The summed E-state index contributed by atoms with van der Waals surface area (Å²) in [7, 11) is 0. The van der Waals surface area contributed by atoms with Crippen molar-refractivity contribution in [3.63, 3.8) is 0 Å². The van der Waals surface area contributed by atoms with Gasteiger partial charge in [0.2, 0.25) is 5.91 Å². The summed E-state index contributed by atoms with van der Waals surface area (Å²) < 4.78 is 40.4. The molecule has 172 valence electrons. The number of hydrogen-bond donors (Lipinski definition) is 2. The van der Waals surface area contributed by atoms with Gasteiger partial charge in [-0.3, -0.25) is 19.7 Å². The third-order valence-corrected chi connectivity index (χ3v) is 5.36. The van der Waals surface area contributed by atoms with Crippen LogP contribution in [-0.4, -0.2) is 22.5 Å². The Morgan fingerprint density at radius 2 is 1.81 bits per heavy atom. The van der Waals surface area contributed by atoms with Crippen molar-refractivity contribution in [2.45, 2.75) is 38.3 Å². The maximum Gasteiger partial charge on any atom is 0.418 e. The van der Waals surface area contributed by atoms with Crippen molar-refractivity contribution in [1.29, 1.82) is 0 Å². The Morgan fingerprint density at radius 3 is 2.38 bits per heavy atom. The van der Waals surface area contributed by atoms with Crippen LogP contribution in [0.15, 0.2) is 41.3 Å². The number of nitrogens with zero attached hydrogens (tertiary/aromatic N) is 1. The number of halogens is 3. The van der Waals surface area contributed by atoms with Crippen molar-refractivity contribution in [2.75, 3.05) is 16.4 Å². The molecule has 0 fully saturated rings. The summed E-state index contributed by atoms with van der Waals surface area (Å²) in [4.78, 5) is 34.9. The molecular weight excluding hydrogens is 447 g/mol. The van der Waals surface area contributed by atoms with Gasteiger partial charge in [-0.25, -0.2) is 0 Å². The summed E-state index contributed by atoms with van der Waals surface area (Å²) in [5.41, 5.74) is -2.21. The molecule has 2 aromatic carbocycles. The summed E-state index contributed by atoms with van der Waals surface area (Å²) in [6, 6.07) is 6.72. The third kappa shape index (κ3) is 6.98. The lowest BCUT2D eigenvalue weighted by Gasteiger charge is -2.16. The highest BCUT2D eigenvalue weighted by molar-refractivity contribution is 7.99. The fraction of sp³-hybridized carbons (Fsp3) is 0.333. The van der Waals surface area contributed by atoms with E-state index in [9.17, 15) is 32.9 Å². The number of nitro groups is 1. The predicted molar refractivity (Wildman–Crippen MR) is 117 cm³/mol. The smallest absolute Gasteiger partial charge is 0.326 e. The molecule has 2 aromatic rings. The lowest BCUT2D eigenvalue weighted by molar-refractivity contribution is -0.387. The molecule has 11 heteroatoms. The minimum atomic E-state index is -4.81. The molecule has 0 saturated carbocycles. The zero-order valence-electron chi connectivity index (χ0n) is 17.6. The number of carbonyl (C=O) groups is 2. The van der Waals surface area contributed by atoms with Gasteiger partial charge < -0.3 is 10.6 Å². The summed E-state index contributed by atoms with van der Waals surface area (Å²) in [5, 5.41) is 15.8. The fourth-order valence-electron chi connectivity index (χ4n) is 2.69. The van der Waals surface area contributed by atoms with Crippen LogP contribution in [0.5, 0.6) is 0 Å². The number of nitrogens with one attached hydrogen (secondary N) is 2. The third-order valence-electron chi connectivity index (χ3n) is 4.26. The number of thioether (sulfide) groups is 1. The van der Waals surface area contributed by atoms with Gasteiger partial charge in [0.05, 0.1) is 21.1 Å². The molecule has 0 atom stereocenters. The SMILES string of the molecule is CC(=O)Nc1ccc(NC(=O)c2ccc(SCCC(C)C)c([N+](=O)[O-])c2)c(C(F)(F)F)c1. The van der Waals surface area contributed by atoms with Gasteiger partial charge in [-0.05, 0) is 48.4 Å². The Balaban J connectivity index is 2.31. The number of nitro benzene ring substituents is 1. The standard InChI is InChI=1S/C21H22F3N3O4S/c1-12(2)8-9-32-19-7-4-14(10-18(19)27(30)31)20(29)26-17-6-5-15(25-13(3)28)11-16(17)21(22,23)24/h4-7,10-12H,8-9H2,1-3H3,(H,25,28)(H,26,29). The Labute approximate surface area is 186 Å². The van der Waals surface area contributed by atoms with Crippen LogP contribution in [0, 0.1) is 16.0 Å². The van der Waals surface area contributed by atoms with Crippen LogP contribution in [0.3, 0.4) is 0 Å². The average molecular weight is 469 g/mol. The molecule has 0 aliphatic carbocycles. The number of hydrogen-bond acceptors (Lipinski definition) is 5. The van der Waals surface area contributed by atoms with Crippen LogP contribution in [0.1, 0.15) is 43.1 Å².